The zero-order valence-corrected chi connectivity index (χ0v) is 9.98. The quantitative estimate of drug-likeness (QED) is 0.814. The number of hydrogen-bond acceptors (Lipinski definition) is 1. The van der Waals surface area contributed by atoms with E-state index in [1.165, 1.54) is 36.8 Å². The topological polar surface area (TPSA) is 26.0 Å². The van der Waals surface area contributed by atoms with E-state index >= 15 is 0 Å². The Morgan fingerprint density at radius 3 is 2.47 bits per heavy atom. The number of rotatable bonds is 2. The standard InChI is InChI=1S/C13H18ClN/c1-2-13(15)11-7-9-5-3-4-6-10(9)8-12(11)14/h7-8,13H,2-6,15H2,1H3. The second-order valence-electron chi connectivity index (χ2n) is 4.36. The minimum Gasteiger partial charge on any atom is -0.324 e. The van der Waals surface area contributed by atoms with Gasteiger partial charge in [0.1, 0.15) is 0 Å². The summed E-state index contributed by atoms with van der Waals surface area (Å²) in [6.45, 7) is 2.10. The molecule has 0 spiro atoms. The van der Waals surface area contributed by atoms with Crippen molar-refractivity contribution in [3.05, 3.63) is 33.8 Å². The molecule has 1 nitrogen and oxygen atoms in total. The van der Waals surface area contributed by atoms with Crippen LogP contribution >= 0.6 is 11.6 Å². The Kier molecular flexibility index (Phi) is 3.32. The van der Waals surface area contributed by atoms with Gasteiger partial charge in [0.15, 0.2) is 0 Å². The van der Waals surface area contributed by atoms with Gasteiger partial charge in [-0.2, -0.15) is 0 Å². The van der Waals surface area contributed by atoms with Crippen LogP contribution in [0.1, 0.15) is 48.9 Å². The van der Waals surface area contributed by atoms with Gasteiger partial charge in [0, 0.05) is 11.1 Å². The van der Waals surface area contributed by atoms with Gasteiger partial charge in [-0.3, -0.25) is 0 Å². The van der Waals surface area contributed by atoms with Crippen LogP contribution in [0.2, 0.25) is 5.02 Å². The second kappa shape index (κ2) is 4.54. The van der Waals surface area contributed by atoms with Crippen LogP contribution < -0.4 is 5.73 Å². The number of hydrogen-bond donors (Lipinski definition) is 1. The van der Waals surface area contributed by atoms with Crippen LogP contribution in [0.4, 0.5) is 0 Å². The molecular weight excluding hydrogens is 206 g/mol. The van der Waals surface area contributed by atoms with Gasteiger partial charge in [0.25, 0.3) is 0 Å². The van der Waals surface area contributed by atoms with Crippen molar-refractivity contribution >= 4 is 11.6 Å². The number of benzene rings is 1. The van der Waals surface area contributed by atoms with Crippen LogP contribution in [0.3, 0.4) is 0 Å². The molecule has 2 N–H and O–H groups in total. The molecule has 15 heavy (non-hydrogen) atoms. The van der Waals surface area contributed by atoms with Gasteiger partial charge in [0.05, 0.1) is 0 Å². The molecule has 1 aliphatic carbocycles. The Bertz CT molecular complexity index is 360. The van der Waals surface area contributed by atoms with Crippen LogP contribution in [0.25, 0.3) is 0 Å². The average molecular weight is 224 g/mol. The molecule has 0 aliphatic heterocycles. The third kappa shape index (κ3) is 2.19. The normalized spacial score (nSPS) is 17.3. The summed E-state index contributed by atoms with van der Waals surface area (Å²) in [6, 6.07) is 4.44. The molecule has 0 radical (unpaired) electrons. The minimum absolute atomic E-state index is 0.0877. The number of aryl methyl sites for hydroxylation is 2. The molecule has 1 unspecified atom stereocenters. The third-order valence-corrected chi connectivity index (χ3v) is 3.63. The van der Waals surface area contributed by atoms with Gasteiger partial charge in [-0.15, -0.1) is 0 Å². The molecule has 0 heterocycles. The van der Waals surface area contributed by atoms with E-state index in [1.54, 1.807) is 0 Å². The van der Waals surface area contributed by atoms with Gasteiger partial charge in [-0.1, -0.05) is 24.6 Å². The highest BCUT2D eigenvalue weighted by atomic mass is 35.5. The van der Waals surface area contributed by atoms with Crippen LogP contribution in [0.5, 0.6) is 0 Å². The summed E-state index contributed by atoms with van der Waals surface area (Å²) < 4.78 is 0. The van der Waals surface area contributed by atoms with E-state index in [0.29, 0.717) is 0 Å². The van der Waals surface area contributed by atoms with Crippen molar-refractivity contribution in [2.75, 3.05) is 0 Å². The van der Waals surface area contributed by atoms with E-state index in [9.17, 15) is 0 Å². The van der Waals surface area contributed by atoms with E-state index < -0.39 is 0 Å². The SMILES string of the molecule is CCC(N)c1cc2c(cc1Cl)CCCC2. The lowest BCUT2D eigenvalue weighted by Crippen LogP contribution is -2.12. The summed E-state index contributed by atoms with van der Waals surface area (Å²) in [7, 11) is 0. The zero-order valence-electron chi connectivity index (χ0n) is 9.22. The van der Waals surface area contributed by atoms with E-state index in [1.807, 2.05) is 0 Å². The molecule has 1 atom stereocenters. The molecule has 0 fully saturated rings. The van der Waals surface area contributed by atoms with Gasteiger partial charge >= 0.3 is 0 Å². The summed E-state index contributed by atoms with van der Waals surface area (Å²) in [5, 5.41) is 0.852. The summed E-state index contributed by atoms with van der Waals surface area (Å²) >= 11 is 6.25. The Hall–Kier alpha value is -0.530. The summed E-state index contributed by atoms with van der Waals surface area (Å²) in [5.74, 6) is 0. The van der Waals surface area contributed by atoms with Gasteiger partial charge in [-0.25, -0.2) is 0 Å². The fraction of sp³-hybridized carbons (Fsp3) is 0.538. The monoisotopic (exact) mass is 223 g/mol. The van der Waals surface area contributed by atoms with E-state index in [0.717, 1.165) is 17.0 Å². The predicted molar refractivity (Wildman–Crippen MR) is 65.3 cm³/mol. The van der Waals surface area contributed by atoms with Crippen molar-refractivity contribution in [2.24, 2.45) is 5.73 Å². The molecule has 1 aromatic rings. The number of halogens is 1. The molecule has 0 amide bonds. The maximum absolute atomic E-state index is 6.25. The maximum Gasteiger partial charge on any atom is 0.0456 e. The molecule has 2 rings (SSSR count). The summed E-state index contributed by atoms with van der Waals surface area (Å²) in [6.07, 6.45) is 5.91. The lowest BCUT2D eigenvalue weighted by molar-refractivity contribution is 0.669. The molecule has 82 valence electrons. The van der Waals surface area contributed by atoms with Crippen LogP contribution in [-0.2, 0) is 12.8 Å². The summed E-state index contributed by atoms with van der Waals surface area (Å²) in [4.78, 5) is 0. The molecule has 0 bridgehead atoms. The first-order chi connectivity index (χ1) is 7.22. The lowest BCUT2D eigenvalue weighted by Gasteiger charge is -2.20. The molecule has 0 saturated heterocycles. The van der Waals surface area contributed by atoms with Crippen molar-refractivity contribution in [3.63, 3.8) is 0 Å². The number of fused-ring (bicyclic) bond motifs is 1. The fourth-order valence-corrected chi connectivity index (χ4v) is 2.61. The molecule has 1 aliphatic rings. The number of nitrogens with two attached hydrogens (primary N) is 1. The largest absolute Gasteiger partial charge is 0.324 e. The maximum atomic E-state index is 6.25. The highest BCUT2D eigenvalue weighted by Crippen LogP contribution is 2.31. The van der Waals surface area contributed by atoms with Gasteiger partial charge in [-0.05, 0) is 54.9 Å². The Labute approximate surface area is 96.6 Å². The van der Waals surface area contributed by atoms with E-state index in [2.05, 4.69) is 19.1 Å². The first kappa shape index (κ1) is 11.0. The van der Waals surface area contributed by atoms with Gasteiger partial charge in [0.2, 0.25) is 0 Å². The highest BCUT2D eigenvalue weighted by molar-refractivity contribution is 6.31. The smallest absolute Gasteiger partial charge is 0.0456 e. The Morgan fingerprint density at radius 2 is 1.87 bits per heavy atom. The van der Waals surface area contributed by atoms with Crippen LogP contribution in [-0.4, -0.2) is 0 Å². The van der Waals surface area contributed by atoms with Crippen LogP contribution in [0.15, 0.2) is 12.1 Å². The first-order valence-electron chi connectivity index (χ1n) is 5.79. The molecule has 0 aromatic heterocycles. The highest BCUT2D eigenvalue weighted by Gasteiger charge is 2.15. The molecule has 2 heteroatoms. The molecular formula is C13H18ClN. The predicted octanol–water partition coefficient (Wildman–Crippen LogP) is 3.63. The van der Waals surface area contributed by atoms with Crippen molar-refractivity contribution in [1.29, 1.82) is 0 Å². The van der Waals surface area contributed by atoms with E-state index in [-0.39, 0.29) is 6.04 Å². The Morgan fingerprint density at radius 1 is 1.27 bits per heavy atom. The minimum atomic E-state index is 0.0877. The molecule has 1 aromatic carbocycles. The van der Waals surface area contributed by atoms with Crippen molar-refractivity contribution < 1.29 is 0 Å². The average Bonchev–Trinajstić information content (AvgIpc) is 2.27. The lowest BCUT2D eigenvalue weighted by atomic mass is 9.89. The van der Waals surface area contributed by atoms with Crippen molar-refractivity contribution in [3.8, 4) is 0 Å². The fourth-order valence-electron chi connectivity index (χ4n) is 2.28. The second-order valence-corrected chi connectivity index (χ2v) is 4.77. The molecule has 0 saturated carbocycles. The van der Waals surface area contributed by atoms with Crippen molar-refractivity contribution in [2.45, 2.75) is 45.1 Å². The van der Waals surface area contributed by atoms with Gasteiger partial charge < -0.3 is 5.73 Å². The zero-order chi connectivity index (χ0) is 10.8. The van der Waals surface area contributed by atoms with E-state index in [4.69, 9.17) is 17.3 Å². The first-order valence-corrected chi connectivity index (χ1v) is 6.17. The third-order valence-electron chi connectivity index (χ3n) is 3.30. The summed E-state index contributed by atoms with van der Waals surface area (Å²) in [5.41, 5.74) is 10.1. The van der Waals surface area contributed by atoms with Crippen LogP contribution in [0, 0.1) is 0 Å². The van der Waals surface area contributed by atoms with Crippen molar-refractivity contribution in [1.82, 2.24) is 0 Å². The Balaban J connectivity index is 2.40.